The number of rotatable bonds is 0. The van der Waals surface area contributed by atoms with Crippen molar-refractivity contribution in [2.45, 2.75) is 0 Å². The molecular weight excluding hydrogens is 275 g/mol. The lowest BCUT2D eigenvalue weighted by atomic mass is 9.87. The monoisotopic (exact) mass is 288 g/mol. The Bertz CT molecular complexity index is 1080. The minimum Gasteiger partial charge on any atom is -0.0807 e. The van der Waals surface area contributed by atoms with E-state index in [1.54, 1.807) is 0 Å². The summed E-state index contributed by atoms with van der Waals surface area (Å²) in [6, 6.07) is 26.7. The fraction of sp³-hybridized carbons (Fsp3) is 0. The highest BCUT2D eigenvalue weighted by molar-refractivity contribution is 6.35. The van der Waals surface area contributed by atoms with Crippen LogP contribution >= 0.6 is 0 Å². The third-order valence-electron chi connectivity index (χ3n) is 4.04. The van der Waals surface area contributed by atoms with E-state index in [0.29, 0.717) is 0 Å². The van der Waals surface area contributed by atoms with Crippen LogP contribution in [-0.2, 0) is 0 Å². The molecular formula is C22H13B. The Morgan fingerprint density at radius 3 is 2.17 bits per heavy atom. The zero-order chi connectivity index (χ0) is 15.6. The van der Waals surface area contributed by atoms with Gasteiger partial charge in [0, 0.05) is 11.1 Å². The fourth-order valence-electron chi connectivity index (χ4n) is 2.83. The quantitative estimate of drug-likeness (QED) is 0.336. The zero-order valence-electron chi connectivity index (χ0n) is 12.6. The maximum Gasteiger partial charge on any atom is 0.115 e. The maximum absolute atomic E-state index is 6.14. The molecule has 0 amide bonds. The van der Waals surface area contributed by atoms with E-state index >= 15 is 0 Å². The van der Waals surface area contributed by atoms with Gasteiger partial charge in [-0.1, -0.05) is 84.0 Å². The number of fused-ring (bicyclic) bond motifs is 2. The molecule has 4 aromatic carbocycles. The van der Waals surface area contributed by atoms with Gasteiger partial charge in [0.25, 0.3) is 0 Å². The molecule has 4 aromatic rings. The molecule has 0 aromatic heterocycles. The van der Waals surface area contributed by atoms with Crippen LogP contribution in [0.5, 0.6) is 0 Å². The fourth-order valence-corrected chi connectivity index (χ4v) is 2.83. The molecule has 0 unspecified atom stereocenters. The van der Waals surface area contributed by atoms with Gasteiger partial charge in [-0.15, -0.1) is 0 Å². The normalized spacial score (nSPS) is 10.4. The summed E-state index contributed by atoms with van der Waals surface area (Å²) in [4.78, 5) is 0. The minimum absolute atomic E-state index is 0.719. The van der Waals surface area contributed by atoms with Crippen molar-refractivity contribution in [1.82, 2.24) is 0 Å². The molecule has 104 valence electrons. The Morgan fingerprint density at radius 2 is 1.30 bits per heavy atom. The molecule has 4 rings (SSSR count). The van der Waals surface area contributed by atoms with Gasteiger partial charge in [0.2, 0.25) is 0 Å². The molecule has 2 radical (unpaired) electrons. The first-order valence-electron chi connectivity index (χ1n) is 7.59. The first kappa shape index (κ1) is 13.7. The molecule has 0 fully saturated rings. The van der Waals surface area contributed by atoms with Gasteiger partial charge in [0.1, 0.15) is 7.85 Å². The van der Waals surface area contributed by atoms with Gasteiger partial charge in [-0.25, -0.2) is 0 Å². The molecule has 23 heavy (non-hydrogen) atoms. The van der Waals surface area contributed by atoms with E-state index < -0.39 is 0 Å². The molecule has 0 bridgehead atoms. The second-order valence-corrected chi connectivity index (χ2v) is 5.56. The van der Waals surface area contributed by atoms with Gasteiger partial charge in [0.05, 0.1) is 0 Å². The van der Waals surface area contributed by atoms with Crippen LogP contribution in [-0.4, -0.2) is 7.85 Å². The third-order valence-corrected chi connectivity index (χ3v) is 4.04. The molecule has 0 saturated carbocycles. The molecule has 0 aliphatic heterocycles. The Balaban J connectivity index is 1.84. The molecule has 0 nitrogen and oxygen atoms in total. The van der Waals surface area contributed by atoms with Gasteiger partial charge < -0.3 is 0 Å². The summed E-state index contributed by atoms with van der Waals surface area (Å²) in [5.41, 5.74) is 2.62. The van der Waals surface area contributed by atoms with E-state index in [1.165, 1.54) is 10.8 Å². The maximum atomic E-state index is 6.14. The van der Waals surface area contributed by atoms with Gasteiger partial charge >= 0.3 is 0 Å². The van der Waals surface area contributed by atoms with Crippen molar-refractivity contribution in [1.29, 1.82) is 0 Å². The van der Waals surface area contributed by atoms with Gasteiger partial charge in [-0.3, -0.25) is 0 Å². The van der Waals surface area contributed by atoms with Crippen molar-refractivity contribution in [3.8, 4) is 11.8 Å². The predicted molar refractivity (Wildman–Crippen MR) is 99.3 cm³/mol. The van der Waals surface area contributed by atoms with Crippen molar-refractivity contribution >= 4 is 34.9 Å². The minimum atomic E-state index is 0.719. The van der Waals surface area contributed by atoms with Crippen LogP contribution in [0.3, 0.4) is 0 Å². The Labute approximate surface area is 137 Å². The Morgan fingerprint density at radius 1 is 0.609 bits per heavy atom. The van der Waals surface area contributed by atoms with Crippen molar-refractivity contribution < 1.29 is 0 Å². The summed E-state index contributed by atoms with van der Waals surface area (Å²) >= 11 is 0. The summed E-state index contributed by atoms with van der Waals surface area (Å²) in [6.07, 6.45) is 0. The zero-order valence-corrected chi connectivity index (χ0v) is 12.6. The summed E-state index contributed by atoms with van der Waals surface area (Å²) in [5, 5.41) is 4.68. The van der Waals surface area contributed by atoms with E-state index in [2.05, 4.69) is 54.3 Å². The predicted octanol–water partition coefficient (Wildman–Crippen LogP) is 4.19. The molecule has 1 heteroatoms. The van der Waals surface area contributed by atoms with Crippen LogP contribution < -0.4 is 5.46 Å². The summed E-state index contributed by atoms with van der Waals surface area (Å²) in [7, 11) is 6.14. The Kier molecular flexibility index (Phi) is 3.37. The summed E-state index contributed by atoms with van der Waals surface area (Å²) in [6.45, 7) is 0. The van der Waals surface area contributed by atoms with Crippen LogP contribution in [0.15, 0.2) is 78.9 Å². The lowest BCUT2D eigenvalue weighted by Gasteiger charge is -2.04. The SMILES string of the molecule is [B]c1ccc2ccccc2c1C#Cc1ccc2ccccc2c1. The van der Waals surface area contributed by atoms with Crippen LogP contribution in [0, 0.1) is 11.8 Å². The molecule has 0 saturated heterocycles. The third kappa shape index (κ3) is 2.60. The van der Waals surface area contributed by atoms with Crippen LogP contribution in [0.2, 0.25) is 0 Å². The van der Waals surface area contributed by atoms with Crippen molar-refractivity contribution in [3.63, 3.8) is 0 Å². The number of hydrogen-bond donors (Lipinski definition) is 0. The van der Waals surface area contributed by atoms with Crippen LogP contribution in [0.4, 0.5) is 0 Å². The molecule has 0 atom stereocenters. The second-order valence-electron chi connectivity index (χ2n) is 5.56. The van der Waals surface area contributed by atoms with E-state index in [0.717, 1.165) is 27.4 Å². The Hall–Kier alpha value is -2.98. The van der Waals surface area contributed by atoms with Gasteiger partial charge in [-0.05, 0) is 33.7 Å². The van der Waals surface area contributed by atoms with Gasteiger partial charge in [0.15, 0.2) is 0 Å². The molecule has 0 spiro atoms. The summed E-state index contributed by atoms with van der Waals surface area (Å²) < 4.78 is 0. The highest BCUT2D eigenvalue weighted by Gasteiger charge is 2.01. The van der Waals surface area contributed by atoms with Crippen molar-refractivity contribution in [2.75, 3.05) is 0 Å². The van der Waals surface area contributed by atoms with Gasteiger partial charge in [-0.2, -0.15) is 0 Å². The molecule has 0 N–H and O–H groups in total. The number of benzene rings is 4. The second kappa shape index (κ2) is 5.67. The first-order chi connectivity index (χ1) is 11.3. The average molecular weight is 288 g/mol. The van der Waals surface area contributed by atoms with E-state index in [9.17, 15) is 0 Å². The van der Waals surface area contributed by atoms with E-state index in [-0.39, 0.29) is 0 Å². The number of hydrogen-bond acceptors (Lipinski definition) is 0. The van der Waals surface area contributed by atoms with Crippen molar-refractivity contribution in [2.24, 2.45) is 0 Å². The highest BCUT2D eigenvalue weighted by atomic mass is 14.0. The smallest absolute Gasteiger partial charge is 0.0807 e. The van der Waals surface area contributed by atoms with E-state index in [1.807, 2.05) is 36.4 Å². The molecule has 0 heterocycles. The highest BCUT2D eigenvalue weighted by Crippen LogP contribution is 2.17. The van der Waals surface area contributed by atoms with Crippen LogP contribution in [0.25, 0.3) is 21.5 Å². The largest absolute Gasteiger partial charge is 0.115 e. The topological polar surface area (TPSA) is 0 Å². The first-order valence-corrected chi connectivity index (χ1v) is 7.59. The molecule has 0 aliphatic carbocycles. The van der Waals surface area contributed by atoms with Crippen LogP contribution in [0.1, 0.15) is 11.1 Å². The summed E-state index contributed by atoms with van der Waals surface area (Å²) in [5.74, 6) is 6.52. The van der Waals surface area contributed by atoms with Crippen molar-refractivity contribution in [3.05, 3.63) is 90.0 Å². The van der Waals surface area contributed by atoms with E-state index in [4.69, 9.17) is 7.85 Å². The average Bonchev–Trinajstić information content (AvgIpc) is 2.61. The lowest BCUT2D eigenvalue weighted by molar-refractivity contribution is 1.69. The standard InChI is InChI=1S/C22H13B/c23-22-14-12-18-6-3-4-8-20(18)21(22)13-10-16-9-11-17-5-1-2-7-19(17)15-16/h1-9,11-12,14-15H. The molecule has 0 aliphatic rings. The lowest BCUT2D eigenvalue weighted by Crippen LogP contribution is -2.07.